The largest absolute Gasteiger partial charge is 0.456 e. The maximum Gasteiger partial charge on any atom is 0.227 e. The third-order valence-electron chi connectivity index (χ3n) is 10.9. The van der Waals surface area contributed by atoms with Crippen molar-refractivity contribution in [2.75, 3.05) is 4.90 Å². The van der Waals surface area contributed by atoms with Gasteiger partial charge < -0.3 is 13.7 Å². The van der Waals surface area contributed by atoms with E-state index < -0.39 is 0 Å². The number of hydrogen-bond acceptors (Lipinski definition) is 4. The zero-order valence-electron chi connectivity index (χ0n) is 30.8. The van der Waals surface area contributed by atoms with Crippen LogP contribution in [0.4, 0.5) is 17.1 Å². The molecule has 2 aromatic heterocycles. The van der Waals surface area contributed by atoms with Gasteiger partial charge in [-0.1, -0.05) is 146 Å². The van der Waals surface area contributed by atoms with Crippen molar-refractivity contribution in [2.45, 2.75) is 0 Å². The van der Waals surface area contributed by atoms with Crippen molar-refractivity contribution in [3.63, 3.8) is 0 Å². The number of nitrogens with zero attached hydrogens (tertiary/aromatic N) is 2. The molecule has 11 rings (SSSR count). The van der Waals surface area contributed by atoms with Crippen LogP contribution >= 0.6 is 0 Å². The Bertz CT molecular complexity index is 3170. The summed E-state index contributed by atoms with van der Waals surface area (Å²) in [5.74, 6) is 0.568. The molecule has 0 spiro atoms. The van der Waals surface area contributed by atoms with E-state index in [1.165, 1.54) is 22.3 Å². The van der Waals surface area contributed by atoms with Crippen molar-refractivity contribution in [1.82, 2.24) is 4.98 Å². The molecule has 268 valence electrons. The molecular weight excluding hydrogens is 697 g/mol. The lowest BCUT2D eigenvalue weighted by atomic mass is 9.98. The molecular formula is C53H34N2O2. The van der Waals surface area contributed by atoms with Crippen LogP contribution in [0.15, 0.2) is 215 Å². The van der Waals surface area contributed by atoms with Gasteiger partial charge in [0.15, 0.2) is 5.58 Å². The molecule has 0 aliphatic carbocycles. The molecule has 57 heavy (non-hydrogen) atoms. The number of rotatable bonds is 7. The molecule has 0 aliphatic heterocycles. The summed E-state index contributed by atoms with van der Waals surface area (Å²) in [4.78, 5) is 7.15. The summed E-state index contributed by atoms with van der Waals surface area (Å²) in [5.41, 5.74) is 14.3. The molecule has 0 saturated heterocycles. The summed E-state index contributed by atoms with van der Waals surface area (Å²) < 4.78 is 12.9. The van der Waals surface area contributed by atoms with Gasteiger partial charge in [-0.2, -0.15) is 0 Å². The van der Waals surface area contributed by atoms with Crippen LogP contribution in [0.25, 0.3) is 88.6 Å². The minimum absolute atomic E-state index is 0.568. The van der Waals surface area contributed by atoms with Crippen molar-refractivity contribution >= 4 is 60.9 Å². The van der Waals surface area contributed by atoms with Gasteiger partial charge in [-0.05, 0) is 99.4 Å². The molecule has 0 amide bonds. The van der Waals surface area contributed by atoms with E-state index in [0.29, 0.717) is 5.89 Å². The van der Waals surface area contributed by atoms with E-state index in [0.717, 1.165) is 77.6 Å². The third-order valence-corrected chi connectivity index (χ3v) is 10.9. The maximum atomic E-state index is 6.76. The smallest absolute Gasteiger partial charge is 0.227 e. The van der Waals surface area contributed by atoms with Crippen LogP contribution in [-0.4, -0.2) is 4.98 Å². The van der Waals surface area contributed by atoms with Crippen molar-refractivity contribution in [2.24, 2.45) is 0 Å². The van der Waals surface area contributed by atoms with E-state index in [9.17, 15) is 0 Å². The molecule has 11 aromatic rings. The van der Waals surface area contributed by atoms with Crippen LogP contribution in [0.1, 0.15) is 0 Å². The fourth-order valence-electron chi connectivity index (χ4n) is 8.07. The molecule has 2 heterocycles. The summed E-state index contributed by atoms with van der Waals surface area (Å²) in [6.45, 7) is 0. The average molecular weight is 731 g/mol. The second kappa shape index (κ2) is 13.6. The van der Waals surface area contributed by atoms with Gasteiger partial charge in [0.1, 0.15) is 16.7 Å². The molecule has 0 unspecified atom stereocenters. The van der Waals surface area contributed by atoms with Gasteiger partial charge in [0.2, 0.25) is 5.89 Å². The van der Waals surface area contributed by atoms with Crippen molar-refractivity contribution in [1.29, 1.82) is 0 Å². The molecule has 0 bridgehead atoms. The summed E-state index contributed by atoms with van der Waals surface area (Å²) in [5, 5.41) is 4.29. The first kappa shape index (κ1) is 32.7. The van der Waals surface area contributed by atoms with Gasteiger partial charge in [-0.15, -0.1) is 0 Å². The zero-order valence-corrected chi connectivity index (χ0v) is 30.8. The Morgan fingerprint density at radius 2 is 0.860 bits per heavy atom. The van der Waals surface area contributed by atoms with Gasteiger partial charge >= 0.3 is 0 Å². The fourth-order valence-corrected chi connectivity index (χ4v) is 8.07. The number of hydrogen-bond donors (Lipinski definition) is 0. The number of fused-ring (bicyclic) bond motifs is 5. The van der Waals surface area contributed by atoms with Crippen LogP contribution in [0.3, 0.4) is 0 Å². The monoisotopic (exact) mass is 730 g/mol. The normalized spacial score (nSPS) is 11.5. The van der Waals surface area contributed by atoms with Crippen molar-refractivity contribution < 1.29 is 8.83 Å². The predicted molar refractivity (Wildman–Crippen MR) is 235 cm³/mol. The number of aromatic nitrogens is 1. The zero-order chi connectivity index (χ0) is 37.7. The SMILES string of the molecule is c1ccc(-c2ccc(-c3ccc(N(c4ccc(-c5ccccc5)cc4)c4c5ccccc5cc5oc6cc(-c7nc8ccccc8o7)ccc6c45)cc3)cc2)cc1. The Labute approximate surface area is 329 Å². The second-order valence-corrected chi connectivity index (χ2v) is 14.4. The molecule has 0 N–H and O–H groups in total. The lowest BCUT2D eigenvalue weighted by Crippen LogP contribution is -2.11. The minimum atomic E-state index is 0.568. The van der Waals surface area contributed by atoms with Crippen LogP contribution < -0.4 is 4.90 Å². The van der Waals surface area contributed by atoms with Crippen molar-refractivity contribution in [3.05, 3.63) is 206 Å². The highest BCUT2D eigenvalue weighted by molar-refractivity contribution is 6.22. The summed E-state index contributed by atoms with van der Waals surface area (Å²) in [6, 6.07) is 72.5. The Morgan fingerprint density at radius 3 is 1.47 bits per heavy atom. The van der Waals surface area contributed by atoms with Crippen LogP contribution in [0.5, 0.6) is 0 Å². The lowest BCUT2D eigenvalue weighted by molar-refractivity contribution is 0.619. The van der Waals surface area contributed by atoms with Gasteiger partial charge in [0, 0.05) is 27.7 Å². The Morgan fingerprint density at radius 1 is 0.351 bits per heavy atom. The molecule has 4 nitrogen and oxygen atoms in total. The first-order valence-electron chi connectivity index (χ1n) is 19.2. The van der Waals surface area contributed by atoms with Crippen LogP contribution in [0, 0.1) is 0 Å². The summed E-state index contributed by atoms with van der Waals surface area (Å²) in [7, 11) is 0. The van der Waals surface area contributed by atoms with Gasteiger partial charge in [0.05, 0.1) is 11.1 Å². The van der Waals surface area contributed by atoms with E-state index in [2.05, 4.69) is 181 Å². The van der Waals surface area contributed by atoms with Gasteiger partial charge in [-0.3, -0.25) is 0 Å². The van der Waals surface area contributed by atoms with E-state index in [-0.39, 0.29) is 0 Å². The highest BCUT2D eigenvalue weighted by Gasteiger charge is 2.23. The molecule has 0 radical (unpaired) electrons. The molecule has 4 heteroatoms. The third kappa shape index (κ3) is 5.83. The molecule has 0 fully saturated rings. The first-order chi connectivity index (χ1) is 28.2. The maximum absolute atomic E-state index is 6.76. The van der Waals surface area contributed by atoms with E-state index in [4.69, 9.17) is 13.8 Å². The van der Waals surface area contributed by atoms with Crippen LogP contribution in [-0.2, 0) is 0 Å². The van der Waals surface area contributed by atoms with Gasteiger partial charge in [0.25, 0.3) is 0 Å². The van der Waals surface area contributed by atoms with E-state index >= 15 is 0 Å². The fraction of sp³-hybridized carbons (Fsp3) is 0. The van der Waals surface area contributed by atoms with Gasteiger partial charge in [-0.25, -0.2) is 4.98 Å². The predicted octanol–water partition coefficient (Wildman–Crippen LogP) is 15.0. The number of oxazole rings is 1. The number of anilines is 3. The Kier molecular flexibility index (Phi) is 7.78. The average Bonchev–Trinajstić information content (AvgIpc) is 3.89. The standard InChI is InChI=1S/C53H34N2O2/c1-3-11-35(12-4-1)37-19-21-38(22-20-37)40-25-30-44(31-26-40)55(43-28-23-39(24-29-43)36-13-5-2-6-14-36)52-45-16-8-7-15-41(45)33-50-51(52)46-32-27-42(34-49(46)56-50)53-54-47-17-9-10-18-48(47)57-53/h1-34H. The van der Waals surface area contributed by atoms with Crippen LogP contribution in [0.2, 0.25) is 0 Å². The molecule has 9 aromatic carbocycles. The Balaban J connectivity index is 1.08. The van der Waals surface area contributed by atoms with E-state index in [1.807, 2.05) is 30.3 Å². The molecule has 0 aliphatic rings. The highest BCUT2D eigenvalue weighted by Crippen LogP contribution is 2.48. The topological polar surface area (TPSA) is 42.4 Å². The summed E-state index contributed by atoms with van der Waals surface area (Å²) >= 11 is 0. The number of furan rings is 1. The first-order valence-corrected chi connectivity index (χ1v) is 19.2. The quantitative estimate of drug-likeness (QED) is 0.164. The lowest BCUT2D eigenvalue weighted by Gasteiger charge is -2.28. The van der Waals surface area contributed by atoms with Crippen molar-refractivity contribution in [3.8, 4) is 44.8 Å². The molecule has 0 atom stereocenters. The summed E-state index contributed by atoms with van der Waals surface area (Å²) in [6.07, 6.45) is 0. The Hall–Kier alpha value is -7.69. The minimum Gasteiger partial charge on any atom is -0.456 e. The second-order valence-electron chi connectivity index (χ2n) is 14.4. The number of para-hydroxylation sites is 2. The molecule has 0 saturated carbocycles. The highest BCUT2D eigenvalue weighted by atomic mass is 16.3. The number of benzene rings is 9. The van der Waals surface area contributed by atoms with E-state index in [1.54, 1.807) is 0 Å².